The summed E-state index contributed by atoms with van der Waals surface area (Å²) in [6.07, 6.45) is 12.6. The summed E-state index contributed by atoms with van der Waals surface area (Å²) in [5.41, 5.74) is 1.16. The Balaban J connectivity index is 1.20. The topological polar surface area (TPSA) is 41.4 Å². The third-order valence-corrected chi connectivity index (χ3v) is 6.62. The van der Waals surface area contributed by atoms with Gasteiger partial charge >= 0.3 is 0 Å². The Hall–Kier alpha value is -2.14. The highest BCUT2D eigenvalue weighted by Gasteiger charge is 2.22. The summed E-state index contributed by atoms with van der Waals surface area (Å²) in [6.45, 7) is 5.63. The number of benzene rings is 1. The molecule has 1 amide bonds. The van der Waals surface area contributed by atoms with E-state index in [4.69, 9.17) is 0 Å². The molecular formula is C24H34N4O. The maximum Gasteiger partial charge on any atom is 0.222 e. The summed E-state index contributed by atoms with van der Waals surface area (Å²) in [5.74, 6) is 2.20. The molecule has 1 aliphatic heterocycles. The monoisotopic (exact) mass is 394 g/mol. The van der Waals surface area contributed by atoms with E-state index in [0.717, 1.165) is 69.4 Å². The van der Waals surface area contributed by atoms with Gasteiger partial charge in [0.2, 0.25) is 5.91 Å². The van der Waals surface area contributed by atoms with Gasteiger partial charge in [-0.3, -0.25) is 9.69 Å². The molecule has 1 aromatic heterocycles. The molecule has 5 nitrogen and oxygen atoms in total. The molecule has 29 heavy (non-hydrogen) atoms. The number of piperazine rings is 1. The van der Waals surface area contributed by atoms with Crippen molar-refractivity contribution in [3.63, 3.8) is 0 Å². The zero-order valence-corrected chi connectivity index (χ0v) is 17.5. The van der Waals surface area contributed by atoms with Crippen molar-refractivity contribution in [1.29, 1.82) is 0 Å². The predicted molar refractivity (Wildman–Crippen MR) is 116 cm³/mol. The molecule has 1 aliphatic carbocycles. The number of imidazole rings is 1. The van der Waals surface area contributed by atoms with Crippen LogP contribution in [-0.4, -0.2) is 58.0 Å². The first-order chi connectivity index (χ1) is 14.3. The lowest BCUT2D eigenvalue weighted by molar-refractivity contribution is -0.133. The first-order valence-corrected chi connectivity index (χ1v) is 11.4. The molecular weight excluding hydrogens is 360 g/mol. The number of hydrogen-bond donors (Lipinski definition) is 0. The number of rotatable bonds is 7. The molecule has 0 unspecified atom stereocenters. The fraction of sp³-hybridized carbons (Fsp3) is 0.583. The van der Waals surface area contributed by atoms with E-state index in [1.807, 2.05) is 12.3 Å². The number of carbonyl (C=O) groups is 1. The van der Waals surface area contributed by atoms with Gasteiger partial charge in [0.1, 0.15) is 5.82 Å². The van der Waals surface area contributed by atoms with Crippen LogP contribution in [0.25, 0.3) is 11.4 Å². The van der Waals surface area contributed by atoms with Gasteiger partial charge in [0.15, 0.2) is 0 Å². The van der Waals surface area contributed by atoms with E-state index in [1.54, 1.807) is 0 Å². The number of aromatic nitrogens is 2. The van der Waals surface area contributed by atoms with Gasteiger partial charge in [-0.1, -0.05) is 62.4 Å². The molecule has 1 aromatic carbocycles. The normalized spacial score (nSPS) is 18.8. The molecule has 5 heteroatoms. The molecule has 4 rings (SSSR count). The standard InChI is InChI=1S/C24H34N4O/c29-23(12-11-21-7-3-1-4-8-21)27-18-15-26(16-19-27)17-20-28-14-13-25-24(28)22-9-5-2-6-10-22/h2,5-6,9-10,13-14,21H,1,3-4,7-8,11-12,15-20H2. The Morgan fingerprint density at radius 2 is 1.72 bits per heavy atom. The van der Waals surface area contributed by atoms with Crippen molar-refractivity contribution in [1.82, 2.24) is 19.4 Å². The zero-order chi connectivity index (χ0) is 19.9. The first-order valence-electron chi connectivity index (χ1n) is 11.4. The Morgan fingerprint density at radius 1 is 0.966 bits per heavy atom. The summed E-state index contributed by atoms with van der Waals surface area (Å²) < 4.78 is 2.23. The third kappa shape index (κ3) is 5.47. The van der Waals surface area contributed by atoms with Crippen molar-refractivity contribution < 1.29 is 4.79 Å². The van der Waals surface area contributed by atoms with Gasteiger partial charge in [-0.25, -0.2) is 4.98 Å². The second-order valence-corrected chi connectivity index (χ2v) is 8.58. The predicted octanol–water partition coefficient (Wildman–Crippen LogP) is 4.05. The molecule has 1 saturated carbocycles. The van der Waals surface area contributed by atoms with Crippen LogP contribution in [0.3, 0.4) is 0 Å². The van der Waals surface area contributed by atoms with Crippen LogP contribution in [0.4, 0.5) is 0 Å². The van der Waals surface area contributed by atoms with E-state index in [2.05, 4.69) is 49.8 Å². The molecule has 0 radical (unpaired) electrons. The summed E-state index contributed by atoms with van der Waals surface area (Å²) in [6, 6.07) is 10.4. The number of hydrogen-bond acceptors (Lipinski definition) is 3. The van der Waals surface area contributed by atoms with E-state index in [1.165, 1.54) is 32.1 Å². The third-order valence-electron chi connectivity index (χ3n) is 6.62. The molecule has 2 fully saturated rings. The molecule has 0 spiro atoms. The van der Waals surface area contributed by atoms with E-state index in [9.17, 15) is 4.79 Å². The second-order valence-electron chi connectivity index (χ2n) is 8.58. The molecule has 156 valence electrons. The van der Waals surface area contributed by atoms with Gasteiger partial charge in [-0.2, -0.15) is 0 Å². The maximum absolute atomic E-state index is 12.6. The lowest BCUT2D eigenvalue weighted by Gasteiger charge is -2.35. The highest BCUT2D eigenvalue weighted by atomic mass is 16.2. The highest BCUT2D eigenvalue weighted by molar-refractivity contribution is 5.76. The molecule has 0 N–H and O–H groups in total. The Morgan fingerprint density at radius 3 is 2.48 bits per heavy atom. The van der Waals surface area contributed by atoms with Crippen molar-refractivity contribution in [3.8, 4) is 11.4 Å². The largest absolute Gasteiger partial charge is 0.340 e. The van der Waals surface area contributed by atoms with Crippen molar-refractivity contribution in [3.05, 3.63) is 42.7 Å². The van der Waals surface area contributed by atoms with E-state index in [0.29, 0.717) is 5.91 Å². The van der Waals surface area contributed by atoms with Crippen LogP contribution >= 0.6 is 0 Å². The molecule has 2 aliphatic rings. The van der Waals surface area contributed by atoms with E-state index >= 15 is 0 Å². The summed E-state index contributed by atoms with van der Waals surface area (Å²) in [7, 11) is 0. The Labute approximate surface area is 174 Å². The van der Waals surface area contributed by atoms with Gasteiger partial charge in [-0.05, 0) is 12.3 Å². The first kappa shape index (κ1) is 20.1. The average molecular weight is 395 g/mol. The SMILES string of the molecule is O=C(CCC1CCCCC1)N1CCN(CCn2ccnc2-c2ccccc2)CC1. The Kier molecular flexibility index (Phi) is 6.99. The number of carbonyl (C=O) groups excluding carboxylic acids is 1. The van der Waals surface area contributed by atoms with E-state index < -0.39 is 0 Å². The highest BCUT2D eigenvalue weighted by Crippen LogP contribution is 2.27. The lowest BCUT2D eigenvalue weighted by atomic mass is 9.86. The van der Waals surface area contributed by atoms with Crippen LogP contribution in [0.1, 0.15) is 44.9 Å². The molecule has 1 saturated heterocycles. The van der Waals surface area contributed by atoms with Crippen LogP contribution < -0.4 is 0 Å². The van der Waals surface area contributed by atoms with E-state index in [-0.39, 0.29) is 0 Å². The van der Waals surface area contributed by atoms with Crippen LogP contribution in [-0.2, 0) is 11.3 Å². The minimum atomic E-state index is 0.371. The quantitative estimate of drug-likeness (QED) is 0.711. The van der Waals surface area contributed by atoms with Crippen LogP contribution in [0.2, 0.25) is 0 Å². The minimum absolute atomic E-state index is 0.371. The van der Waals surface area contributed by atoms with Crippen LogP contribution in [0.15, 0.2) is 42.7 Å². The van der Waals surface area contributed by atoms with Crippen molar-refractivity contribution in [2.24, 2.45) is 5.92 Å². The Bertz CT molecular complexity index is 758. The summed E-state index contributed by atoms with van der Waals surface area (Å²) in [4.78, 5) is 21.7. The summed E-state index contributed by atoms with van der Waals surface area (Å²) in [5, 5.41) is 0. The fourth-order valence-electron chi connectivity index (χ4n) is 4.77. The number of nitrogens with zero attached hydrogens (tertiary/aromatic N) is 4. The van der Waals surface area contributed by atoms with Crippen molar-refractivity contribution in [2.45, 2.75) is 51.5 Å². The molecule has 0 atom stereocenters. The van der Waals surface area contributed by atoms with Gasteiger partial charge in [0, 0.05) is 63.6 Å². The number of amides is 1. The van der Waals surface area contributed by atoms with Crippen LogP contribution in [0, 0.1) is 5.92 Å². The molecule has 2 heterocycles. The second kappa shape index (κ2) is 10.1. The van der Waals surface area contributed by atoms with Gasteiger partial charge in [-0.15, -0.1) is 0 Å². The van der Waals surface area contributed by atoms with Crippen LogP contribution in [0.5, 0.6) is 0 Å². The zero-order valence-electron chi connectivity index (χ0n) is 17.5. The fourth-order valence-corrected chi connectivity index (χ4v) is 4.77. The van der Waals surface area contributed by atoms with Gasteiger partial charge in [0.25, 0.3) is 0 Å². The summed E-state index contributed by atoms with van der Waals surface area (Å²) >= 11 is 0. The molecule has 0 bridgehead atoms. The lowest BCUT2D eigenvalue weighted by Crippen LogP contribution is -2.49. The van der Waals surface area contributed by atoms with Crippen molar-refractivity contribution >= 4 is 5.91 Å². The van der Waals surface area contributed by atoms with Gasteiger partial charge < -0.3 is 9.47 Å². The average Bonchev–Trinajstić information content (AvgIpc) is 3.26. The van der Waals surface area contributed by atoms with Crippen molar-refractivity contribution in [2.75, 3.05) is 32.7 Å². The molecule has 2 aromatic rings. The maximum atomic E-state index is 12.6. The minimum Gasteiger partial charge on any atom is -0.340 e. The van der Waals surface area contributed by atoms with Gasteiger partial charge in [0.05, 0.1) is 0 Å². The smallest absolute Gasteiger partial charge is 0.222 e.